The molecule has 0 spiro atoms. The molecule has 0 bridgehead atoms. The molecule has 156 valence electrons. The molecule has 0 saturated heterocycles. The molecule has 0 atom stereocenters. The zero-order chi connectivity index (χ0) is 21.4. The van der Waals surface area contributed by atoms with Crippen molar-refractivity contribution in [2.75, 3.05) is 4.72 Å². The van der Waals surface area contributed by atoms with Crippen LogP contribution in [0.1, 0.15) is 35.2 Å². The first kappa shape index (κ1) is 19.8. The van der Waals surface area contributed by atoms with Crippen LogP contribution in [0.4, 0.5) is 5.95 Å². The quantitative estimate of drug-likeness (QED) is 0.401. The summed E-state index contributed by atoms with van der Waals surface area (Å²) in [6.07, 6.45) is 6.02. The molecule has 1 fully saturated rings. The number of nitrogens with zero attached hydrogens (tertiary/aromatic N) is 4. The Balaban J connectivity index is 1.59. The maximum atomic E-state index is 4.98. The molecule has 0 amide bonds. The molecule has 0 aliphatic heterocycles. The standard InChI is InChI=1S/C25H25N5S/c1-17-8-7-9-18(2)23(17)21-14-22(25(12-13-25)19-10-5-4-6-11-19)28-24(27-21)29-31-20-15-26-30(3)16-20/h4-11,14-16H,12-13H2,1-3H3,(H,27,28,29). The number of aryl methyl sites for hydroxylation is 3. The lowest BCUT2D eigenvalue weighted by Gasteiger charge is -2.19. The van der Waals surface area contributed by atoms with Crippen LogP contribution >= 0.6 is 11.9 Å². The van der Waals surface area contributed by atoms with Crippen molar-refractivity contribution in [3.63, 3.8) is 0 Å². The highest BCUT2D eigenvalue weighted by Crippen LogP contribution is 2.53. The number of nitrogens with one attached hydrogen (secondary N) is 1. The summed E-state index contributed by atoms with van der Waals surface area (Å²) < 4.78 is 5.15. The summed E-state index contributed by atoms with van der Waals surface area (Å²) in [5.74, 6) is 0.631. The second-order valence-electron chi connectivity index (χ2n) is 8.23. The molecule has 31 heavy (non-hydrogen) atoms. The van der Waals surface area contributed by atoms with E-state index in [1.54, 1.807) is 4.68 Å². The van der Waals surface area contributed by atoms with Gasteiger partial charge in [0.1, 0.15) is 0 Å². The van der Waals surface area contributed by atoms with Crippen LogP contribution in [-0.2, 0) is 12.5 Å². The average Bonchev–Trinajstić information content (AvgIpc) is 3.49. The Morgan fingerprint density at radius 1 is 0.968 bits per heavy atom. The summed E-state index contributed by atoms with van der Waals surface area (Å²) >= 11 is 1.48. The third-order valence-corrected chi connectivity index (χ3v) is 6.70. The Hall–Kier alpha value is -3.12. The van der Waals surface area contributed by atoms with E-state index in [1.165, 1.54) is 34.2 Å². The van der Waals surface area contributed by atoms with Crippen LogP contribution in [0.5, 0.6) is 0 Å². The van der Waals surface area contributed by atoms with E-state index in [0.717, 1.165) is 29.1 Å². The smallest absolute Gasteiger partial charge is 0.233 e. The Bertz CT molecular complexity index is 1210. The number of rotatable bonds is 6. The van der Waals surface area contributed by atoms with E-state index in [9.17, 15) is 0 Å². The van der Waals surface area contributed by atoms with Gasteiger partial charge in [-0.2, -0.15) is 5.10 Å². The molecule has 5 nitrogen and oxygen atoms in total. The summed E-state index contributed by atoms with van der Waals surface area (Å²) in [6.45, 7) is 4.29. The third kappa shape index (κ3) is 3.83. The van der Waals surface area contributed by atoms with Crippen molar-refractivity contribution in [1.82, 2.24) is 19.7 Å². The van der Waals surface area contributed by atoms with Crippen LogP contribution < -0.4 is 4.72 Å². The van der Waals surface area contributed by atoms with E-state index < -0.39 is 0 Å². The van der Waals surface area contributed by atoms with E-state index in [4.69, 9.17) is 9.97 Å². The maximum Gasteiger partial charge on any atom is 0.233 e. The molecule has 1 N–H and O–H groups in total. The minimum Gasteiger partial charge on any atom is -0.294 e. The first-order valence-corrected chi connectivity index (χ1v) is 11.3. The number of hydrogen-bond acceptors (Lipinski definition) is 5. The van der Waals surface area contributed by atoms with Crippen molar-refractivity contribution in [2.45, 2.75) is 37.0 Å². The Morgan fingerprint density at radius 3 is 2.35 bits per heavy atom. The maximum absolute atomic E-state index is 4.98. The van der Waals surface area contributed by atoms with Gasteiger partial charge in [-0.05, 0) is 61.4 Å². The first-order chi connectivity index (χ1) is 15.0. The molecule has 1 aliphatic carbocycles. The molecule has 1 aliphatic rings. The van der Waals surface area contributed by atoms with Crippen molar-refractivity contribution in [3.8, 4) is 11.3 Å². The second kappa shape index (κ2) is 7.85. The van der Waals surface area contributed by atoms with Crippen molar-refractivity contribution >= 4 is 17.9 Å². The van der Waals surface area contributed by atoms with E-state index in [-0.39, 0.29) is 5.41 Å². The van der Waals surface area contributed by atoms with Gasteiger partial charge in [0.25, 0.3) is 0 Å². The molecule has 4 aromatic rings. The summed E-state index contributed by atoms with van der Waals surface area (Å²) in [7, 11) is 1.91. The number of anilines is 1. The topological polar surface area (TPSA) is 55.6 Å². The predicted molar refractivity (Wildman–Crippen MR) is 126 cm³/mol. The van der Waals surface area contributed by atoms with Gasteiger partial charge < -0.3 is 0 Å². The fourth-order valence-corrected chi connectivity index (χ4v) is 4.82. The summed E-state index contributed by atoms with van der Waals surface area (Å²) in [6, 6.07) is 19.3. The molecule has 2 aromatic carbocycles. The third-order valence-electron chi connectivity index (χ3n) is 5.97. The molecule has 2 aromatic heterocycles. The Kier molecular flexibility index (Phi) is 5.02. The monoisotopic (exact) mass is 427 g/mol. The van der Waals surface area contributed by atoms with Gasteiger partial charge >= 0.3 is 0 Å². The van der Waals surface area contributed by atoms with Gasteiger partial charge in [0.05, 0.1) is 22.5 Å². The molecular weight excluding hydrogens is 402 g/mol. The highest BCUT2D eigenvalue weighted by atomic mass is 32.2. The van der Waals surface area contributed by atoms with Gasteiger partial charge in [-0.3, -0.25) is 9.40 Å². The van der Waals surface area contributed by atoms with Crippen LogP contribution in [0.25, 0.3) is 11.3 Å². The van der Waals surface area contributed by atoms with E-state index in [1.807, 2.05) is 19.4 Å². The molecule has 2 heterocycles. The number of aromatic nitrogens is 4. The average molecular weight is 428 g/mol. The Morgan fingerprint density at radius 2 is 1.71 bits per heavy atom. The van der Waals surface area contributed by atoms with Crippen molar-refractivity contribution in [2.24, 2.45) is 7.05 Å². The molecule has 0 radical (unpaired) electrons. The van der Waals surface area contributed by atoms with Crippen LogP contribution in [0.3, 0.4) is 0 Å². The minimum atomic E-state index is -0.0229. The minimum absolute atomic E-state index is 0.0229. The van der Waals surface area contributed by atoms with Crippen molar-refractivity contribution < 1.29 is 0 Å². The highest BCUT2D eigenvalue weighted by molar-refractivity contribution is 8.00. The van der Waals surface area contributed by atoms with Gasteiger partial charge in [0, 0.05) is 24.2 Å². The van der Waals surface area contributed by atoms with Gasteiger partial charge in [0.2, 0.25) is 5.95 Å². The largest absolute Gasteiger partial charge is 0.294 e. The van der Waals surface area contributed by atoms with Gasteiger partial charge in [-0.15, -0.1) is 0 Å². The lowest BCUT2D eigenvalue weighted by molar-refractivity contribution is 0.766. The van der Waals surface area contributed by atoms with Gasteiger partial charge in [-0.25, -0.2) is 9.97 Å². The van der Waals surface area contributed by atoms with Crippen molar-refractivity contribution in [1.29, 1.82) is 0 Å². The van der Waals surface area contributed by atoms with Crippen LogP contribution in [0.15, 0.2) is 71.9 Å². The van der Waals surface area contributed by atoms with Crippen LogP contribution in [0.2, 0.25) is 0 Å². The summed E-state index contributed by atoms with van der Waals surface area (Å²) in [5, 5.41) is 4.24. The molecule has 5 rings (SSSR count). The Labute approximate surface area is 187 Å². The SMILES string of the molecule is Cc1cccc(C)c1-c1cc(C2(c3ccccc3)CC2)nc(NSc2cnn(C)c2)n1. The summed E-state index contributed by atoms with van der Waals surface area (Å²) in [4.78, 5) is 10.9. The van der Waals surface area contributed by atoms with Gasteiger partial charge in [-0.1, -0.05) is 48.5 Å². The fourth-order valence-electron chi connectivity index (χ4n) is 4.22. The lowest BCUT2D eigenvalue weighted by Crippen LogP contribution is -2.13. The van der Waals surface area contributed by atoms with Crippen LogP contribution in [-0.4, -0.2) is 19.7 Å². The lowest BCUT2D eigenvalue weighted by atomic mass is 9.90. The molecular formula is C25H25N5S. The number of benzene rings is 2. The number of hydrogen-bond donors (Lipinski definition) is 1. The molecule has 6 heteroatoms. The zero-order valence-corrected chi connectivity index (χ0v) is 18.8. The van der Waals surface area contributed by atoms with E-state index >= 15 is 0 Å². The van der Waals surface area contributed by atoms with Crippen molar-refractivity contribution in [3.05, 3.63) is 89.4 Å². The van der Waals surface area contributed by atoms with Gasteiger partial charge in [0.15, 0.2) is 0 Å². The van der Waals surface area contributed by atoms with E-state index in [2.05, 4.69) is 78.3 Å². The molecule has 0 unspecified atom stereocenters. The molecule has 1 saturated carbocycles. The van der Waals surface area contributed by atoms with Crippen LogP contribution in [0, 0.1) is 13.8 Å². The summed E-state index contributed by atoms with van der Waals surface area (Å²) in [5.41, 5.74) is 6.99. The second-order valence-corrected chi connectivity index (χ2v) is 9.11. The van der Waals surface area contributed by atoms with E-state index in [0.29, 0.717) is 5.95 Å². The predicted octanol–water partition coefficient (Wildman–Crippen LogP) is 5.69. The first-order valence-electron chi connectivity index (χ1n) is 10.5. The zero-order valence-electron chi connectivity index (χ0n) is 18.0. The normalized spacial score (nSPS) is 14.4. The highest BCUT2D eigenvalue weighted by Gasteiger charge is 2.47. The fraction of sp³-hybridized carbons (Fsp3) is 0.240.